The van der Waals surface area contributed by atoms with E-state index in [1.165, 1.54) is 0 Å². The van der Waals surface area contributed by atoms with E-state index in [9.17, 15) is 39.5 Å². The number of alkyl halides is 9. The molecule has 0 aromatic heterocycles. The fourth-order valence-corrected chi connectivity index (χ4v) is 0.326. The average Bonchev–Trinajstić information content (AvgIpc) is 1.84. The molecule has 0 saturated heterocycles. The van der Waals surface area contributed by atoms with Crippen molar-refractivity contribution < 1.29 is 92.3 Å². The quantitative estimate of drug-likeness (QED) is 0.491. The van der Waals surface area contributed by atoms with Gasteiger partial charge in [-0.15, -0.1) is 0 Å². The van der Waals surface area contributed by atoms with Gasteiger partial charge in [-0.25, -0.2) is 8.78 Å². The molecule has 0 aliphatic carbocycles. The van der Waals surface area contributed by atoms with Gasteiger partial charge in [0.1, 0.15) is 0 Å². The molecule has 0 bridgehead atoms. The van der Waals surface area contributed by atoms with Crippen molar-refractivity contribution in [1.82, 2.24) is 0 Å². The first-order valence-electron chi connectivity index (χ1n) is 2.55. The molecule has 0 N–H and O–H groups in total. The Bertz CT molecular complexity index is 187. The summed E-state index contributed by atoms with van der Waals surface area (Å²) in [6.45, 7) is 0. The number of hydrogen-bond acceptors (Lipinski definition) is 0. The fourth-order valence-electron chi connectivity index (χ4n) is 0.326. The van der Waals surface area contributed by atoms with Gasteiger partial charge in [0, 0.05) is 0 Å². The molecule has 0 spiro atoms. The van der Waals surface area contributed by atoms with Crippen LogP contribution in [0.3, 0.4) is 0 Å². The molecule has 0 aromatic carbocycles. The summed E-state index contributed by atoms with van der Waals surface area (Å²) in [5, 5.41) is 0. The van der Waals surface area contributed by atoms with Crippen LogP contribution in [0.25, 0.3) is 0 Å². The van der Waals surface area contributed by atoms with Gasteiger partial charge in [0.05, 0.1) is 0 Å². The minimum absolute atomic E-state index is 0. The third-order valence-electron chi connectivity index (χ3n) is 1.05. The smallest absolute Gasteiger partial charge is 1.00 e. The second-order valence-corrected chi connectivity index (χ2v) is 2.00. The zero-order valence-electron chi connectivity index (χ0n) is 7.48. The number of rotatable bonds is 2. The predicted molar refractivity (Wildman–Crippen MR) is 23.1 cm³/mol. The summed E-state index contributed by atoms with van der Waals surface area (Å²) < 4.78 is 102. The van der Waals surface area contributed by atoms with Crippen LogP contribution in [0, 0.1) is 0 Å². The Morgan fingerprint density at radius 2 is 1.07 bits per heavy atom. The van der Waals surface area contributed by atoms with Crippen LogP contribution in [0.2, 0.25) is 0 Å². The van der Waals surface area contributed by atoms with Crippen molar-refractivity contribution in [3.63, 3.8) is 0 Å². The first-order valence-corrected chi connectivity index (χ1v) is 2.55. The van der Waals surface area contributed by atoms with Gasteiger partial charge in [-0.3, -0.25) is 0 Å². The largest absolute Gasteiger partial charge is 1.00 e. The van der Waals surface area contributed by atoms with Crippen molar-refractivity contribution in [2.45, 2.75) is 24.4 Å². The molecule has 0 amide bonds. The molecule has 0 fully saturated rings. The Hall–Kier alpha value is 1.01. The first-order chi connectivity index (χ1) is 5.44. The van der Waals surface area contributed by atoms with Gasteiger partial charge >= 0.3 is 75.8 Å². The van der Waals surface area contributed by atoms with Crippen molar-refractivity contribution in [1.29, 1.82) is 0 Å². The third-order valence-corrected chi connectivity index (χ3v) is 1.05. The van der Waals surface area contributed by atoms with Crippen molar-refractivity contribution in [3.05, 3.63) is 0 Å². The number of hydrogen-bond donors (Lipinski definition) is 0. The maximum atomic E-state index is 11.6. The molecule has 0 nitrogen and oxygen atoms in total. The van der Waals surface area contributed by atoms with Crippen LogP contribution in [-0.4, -0.2) is 24.4 Å². The van der Waals surface area contributed by atoms with Crippen LogP contribution < -0.4 is 51.4 Å². The molecule has 0 aliphatic heterocycles. The Balaban J connectivity index is -0.000000720. The van der Waals surface area contributed by atoms with E-state index in [1.54, 1.807) is 0 Å². The topological polar surface area (TPSA) is 0 Å². The Labute approximate surface area is 116 Å². The third kappa shape index (κ3) is 3.00. The Kier molecular flexibility index (Phi) is 6.08. The van der Waals surface area contributed by atoms with E-state index in [0.717, 1.165) is 0 Å². The van der Waals surface area contributed by atoms with E-state index < -0.39 is 24.4 Å². The van der Waals surface area contributed by atoms with E-state index in [0.29, 0.717) is 0 Å². The van der Waals surface area contributed by atoms with Crippen LogP contribution in [-0.2, 0) is 0 Å². The van der Waals surface area contributed by atoms with E-state index in [4.69, 9.17) is 0 Å². The average molecular weight is 260 g/mol. The van der Waals surface area contributed by atoms with Crippen LogP contribution in [0.4, 0.5) is 39.5 Å². The molecule has 0 atom stereocenters. The predicted octanol–water partition coefficient (Wildman–Crippen LogP) is 0.201. The Morgan fingerprint density at radius 3 is 1.14 bits per heavy atom. The fraction of sp³-hybridized carbons (Fsp3) is 1.00. The van der Waals surface area contributed by atoms with Gasteiger partial charge in [0.15, 0.2) is 0 Å². The minimum Gasteiger partial charge on any atom is -1.00 e. The van der Waals surface area contributed by atoms with Crippen molar-refractivity contribution in [3.8, 4) is 0 Å². The summed E-state index contributed by atoms with van der Waals surface area (Å²) in [6.07, 6.45) is -11.8. The maximum absolute atomic E-state index is 11.6. The normalized spacial score (nSPS) is 14.1. The monoisotopic (exact) mass is 260 g/mol. The summed E-state index contributed by atoms with van der Waals surface area (Å²) in [7, 11) is 0. The molecule has 0 heterocycles. The van der Waals surface area contributed by atoms with Crippen molar-refractivity contribution in [2.24, 2.45) is 0 Å². The van der Waals surface area contributed by atoms with E-state index in [-0.39, 0.29) is 52.8 Å². The molecule has 14 heavy (non-hydrogen) atoms. The molecule has 0 radical (unpaired) electrons. The SMILES string of the molecule is FC(F)C(F)(F)C(F)(F)C(F)(F)F.[H-].[K+]. The molecule has 0 unspecified atom stereocenters. The molecule has 0 aliphatic rings. The summed E-state index contributed by atoms with van der Waals surface area (Å²) in [5.41, 5.74) is 0. The van der Waals surface area contributed by atoms with Crippen LogP contribution in [0.15, 0.2) is 0 Å². The van der Waals surface area contributed by atoms with Gasteiger partial charge in [-0.2, -0.15) is 30.7 Å². The molecular formula is C4H2F9K. The molecule has 0 rings (SSSR count). The molecule has 82 valence electrons. The molecule has 0 aromatic rings. The van der Waals surface area contributed by atoms with Crippen molar-refractivity contribution in [2.75, 3.05) is 0 Å². The van der Waals surface area contributed by atoms with E-state index in [1.807, 2.05) is 0 Å². The zero-order chi connectivity index (χ0) is 11.1. The van der Waals surface area contributed by atoms with Gasteiger partial charge in [0.2, 0.25) is 0 Å². The molecular weight excluding hydrogens is 258 g/mol. The number of halogens is 9. The van der Waals surface area contributed by atoms with Gasteiger partial charge in [-0.05, 0) is 0 Å². The van der Waals surface area contributed by atoms with Crippen LogP contribution >= 0.6 is 0 Å². The van der Waals surface area contributed by atoms with E-state index >= 15 is 0 Å². The standard InChI is InChI=1S/C4HF9.K.H/c5-1(6)2(7,8)3(9,10)4(11,12)13;;/h1H;;/q;+1;-1. The first kappa shape index (κ1) is 17.4. The molecule has 10 heteroatoms. The van der Waals surface area contributed by atoms with Gasteiger partial charge in [-0.1, -0.05) is 0 Å². The van der Waals surface area contributed by atoms with Gasteiger partial charge < -0.3 is 1.43 Å². The summed E-state index contributed by atoms with van der Waals surface area (Å²) in [5.74, 6) is -13.1. The Morgan fingerprint density at radius 1 is 0.786 bits per heavy atom. The zero-order valence-corrected chi connectivity index (χ0v) is 9.60. The van der Waals surface area contributed by atoms with E-state index in [2.05, 4.69) is 0 Å². The summed E-state index contributed by atoms with van der Waals surface area (Å²) in [4.78, 5) is 0. The summed E-state index contributed by atoms with van der Waals surface area (Å²) in [6, 6.07) is 0. The van der Waals surface area contributed by atoms with Crippen molar-refractivity contribution >= 4 is 0 Å². The van der Waals surface area contributed by atoms with Crippen LogP contribution in [0.5, 0.6) is 0 Å². The second-order valence-electron chi connectivity index (χ2n) is 2.00. The molecule has 0 saturated carbocycles. The van der Waals surface area contributed by atoms with Crippen LogP contribution in [0.1, 0.15) is 1.43 Å². The summed E-state index contributed by atoms with van der Waals surface area (Å²) >= 11 is 0. The maximum Gasteiger partial charge on any atom is 1.00 e. The minimum atomic E-state index is -6.73. The second kappa shape index (κ2) is 4.89. The van der Waals surface area contributed by atoms with Gasteiger partial charge in [0.25, 0.3) is 0 Å².